The summed E-state index contributed by atoms with van der Waals surface area (Å²) in [5.41, 5.74) is 11.9. The van der Waals surface area contributed by atoms with Gasteiger partial charge in [0.25, 0.3) is 0 Å². The van der Waals surface area contributed by atoms with E-state index in [2.05, 4.69) is 30.2 Å². The highest BCUT2D eigenvalue weighted by atomic mass is 19.1. The normalized spacial score (nSPS) is 11.0. The van der Waals surface area contributed by atoms with Crippen LogP contribution in [0.25, 0.3) is 28.1 Å². The van der Waals surface area contributed by atoms with E-state index in [1.54, 1.807) is 51.7 Å². The molecule has 0 aliphatic heterocycles. The second-order valence-corrected chi connectivity index (χ2v) is 9.95. The first-order valence-corrected chi connectivity index (χ1v) is 13.7. The number of nitrogens with one attached hydrogen (secondary N) is 1. The van der Waals surface area contributed by atoms with Crippen LogP contribution in [0.15, 0.2) is 73.3 Å². The number of ether oxygens (including phenoxy) is 3. The second-order valence-electron chi connectivity index (χ2n) is 9.95. The van der Waals surface area contributed by atoms with Crippen LogP contribution in [0.1, 0.15) is 16.8 Å². The summed E-state index contributed by atoms with van der Waals surface area (Å²) in [7, 11) is 3.17. The van der Waals surface area contributed by atoms with E-state index in [1.807, 2.05) is 35.8 Å². The summed E-state index contributed by atoms with van der Waals surface area (Å²) in [4.78, 5) is 22.1. The van der Waals surface area contributed by atoms with Gasteiger partial charge in [-0.2, -0.15) is 0 Å². The lowest BCUT2D eigenvalue weighted by Crippen LogP contribution is -2.07. The largest absolute Gasteiger partial charge is 0.497 e. The maximum atomic E-state index is 15.7. The van der Waals surface area contributed by atoms with Gasteiger partial charge in [0.05, 0.1) is 37.3 Å². The van der Waals surface area contributed by atoms with Gasteiger partial charge in [-0.1, -0.05) is 12.1 Å². The van der Waals surface area contributed by atoms with E-state index in [-0.39, 0.29) is 11.8 Å². The number of benzene rings is 2. The van der Waals surface area contributed by atoms with Gasteiger partial charge in [0.1, 0.15) is 29.0 Å². The Balaban J connectivity index is 1.51. The molecular weight excluding hydrogens is 563 g/mol. The standard InChI is InChI=1S/C32H29FN8O3/c1-18-11-12-35-32(40-18)44-25-10-7-22(14-24(25)33)41-29(28-26(43-4)13-21(34)16-36-28)19(2)27-30(41)31(39-17-38-27)37-15-20-5-8-23(42-3)9-6-20/h5-14,16-17H,15,34H2,1-4H3,(H,37,38,39). The number of anilines is 2. The third-order valence-electron chi connectivity index (χ3n) is 7.06. The molecule has 4 aromatic heterocycles. The van der Waals surface area contributed by atoms with Crippen molar-refractivity contribution in [2.75, 3.05) is 25.3 Å². The minimum Gasteiger partial charge on any atom is -0.497 e. The third-order valence-corrected chi connectivity index (χ3v) is 7.06. The Hall–Kier alpha value is -5.78. The number of aromatic nitrogens is 6. The molecule has 11 nitrogen and oxygen atoms in total. The lowest BCUT2D eigenvalue weighted by atomic mass is 10.1. The first-order chi connectivity index (χ1) is 21.4. The van der Waals surface area contributed by atoms with Crippen LogP contribution >= 0.6 is 0 Å². The Bertz CT molecular complexity index is 1980. The highest BCUT2D eigenvalue weighted by Gasteiger charge is 2.25. The zero-order valence-corrected chi connectivity index (χ0v) is 24.5. The monoisotopic (exact) mass is 592 g/mol. The van der Waals surface area contributed by atoms with E-state index >= 15 is 4.39 Å². The van der Waals surface area contributed by atoms with Crippen LogP contribution in [0.2, 0.25) is 0 Å². The number of hydrogen-bond acceptors (Lipinski definition) is 10. The number of aryl methyl sites for hydroxylation is 2. The zero-order chi connectivity index (χ0) is 30.8. The number of fused-ring (bicyclic) bond motifs is 1. The van der Waals surface area contributed by atoms with Crippen LogP contribution in [0, 0.1) is 19.7 Å². The Labute approximate surface area is 252 Å². The molecule has 0 bridgehead atoms. The van der Waals surface area contributed by atoms with Crippen molar-refractivity contribution >= 4 is 22.5 Å². The predicted molar refractivity (Wildman–Crippen MR) is 165 cm³/mol. The van der Waals surface area contributed by atoms with Gasteiger partial charge in [0.2, 0.25) is 0 Å². The van der Waals surface area contributed by atoms with Crippen LogP contribution in [0.5, 0.6) is 23.3 Å². The van der Waals surface area contributed by atoms with Crippen molar-refractivity contribution in [3.05, 3.63) is 96.0 Å². The topological polar surface area (TPSA) is 135 Å². The van der Waals surface area contributed by atoms with Gasteiger partial charge in [-0.25, -0.2) is 29.3 Å². The first kappa shape index (κ1) is 28.3. The average molecular weight is 593 g/mol. The Morgan fingerprint density at radius 1 is 0.909 bits per heavy atom. The number of nitrogens with two attached hydrogens (primary N) is 1. The fourth-order valence-corrected chi connectivity index (χ4v) is 4.94. The molecule has 0 fully saturated rings. The molecule has 0 aliphatic rings. The van der Waals surface area contributed by atoms with Gasteiger partial charge in [0, 0.05) is 41.8 Å². The second kappa shape index (κ2) is 11.8. The molecule has 0 spiro atoms. The quantitative estimate of drug-likeness (QED) is 0.205. The summed E-state index contributed by atoms with van der Waals surface area (Å²) in [6.07, 6.45) is 4.60. The summed E-state index contributed by atoms with van der Waals surface area (Å²) in [6.45, 7) is 4.20. The van der Waals surface area contributed by atoms with Crippen molar-refractivity contribution < 1.29 is 18.6 Å². The molecule has 4 heterocycles. The van der Waals surface area contributed by atoms with Gasteiger partial charge < -0.3 is 29.8 Å². The smallest absolute Gasteiger partial charge is 0.322 e. The number of hydrogen-bond donors (Lipinski definition) is 2. The number of nitrogen functional groups attached to an aromatic ring is 1. The van der Waals surface area contributed by atoms with Gasteiger partial charge >= 0.3 is 6.01 Å². The molecule has 6 aromatic rings. The fourth-order valence-electron chi connectivity index (χ4n) is 4.94. The third kappa shape index (κ3) is 5.40. The van der Waals surface area contributed by atoms with Crippen molar-refractivity contribution in [2.45, 2.75) is 20.4 Å². The molecule has 0 atom stereocenters. The number of methoxy groups -OCH3 is 2. The Kier molecular flexibility index (Phi) is 7.63. The fraction of sp³-hybridized carbons (Fsp3) is 0.156. The molecule has 6 rings (SSSR count). The van der Waals surface area contributed by atoms with Gasteiger partial charge in [0.15, 0.2) is 17.4 Å². The molecule has 0 aliphatic carbocycles. The molecule has 0 saturated carbocycles. The first-order valence-electron chi connectivity index (χ1n) is 13.7. The van der Waals surface area contributed by atoms with Crippen molar-refractivity contribution in [3.63, 3.8) is 0 Å². The van der Waals surface area contributed by atoms with E-state index in [0.717, 1.165) is 16.9 Å². The molecule has 44 heavy (non-hydrogen) atoms. The van der Waals surface area contributed by atoms with Gasteiger partial charge in [-0.3, -0.25) is 0 Å². The summed E-state index contributed by atoms with van der Waals surface area (Å²) >= 11 is 0. The van der Waals surface area contributed by atoms with Crippen molar-refractivity contribution in [3.8, 4) is 40.3 Å². The molecule has 0 unspecified atom stereocenters. The van der Waals surface area contributed by atoms with E-state index < -0.39 is 5.82 Å². The molecule has 12 heteroatoms. The van der Waals surface area contributed by atoms with Gasteiger partial charge in [-0.05, 0) is 49.7 Å². The molecular formula is C32H29FN8O3. The molecule has 0 amide bonds. The molecule has 0 saturated heterocycles. The van der Waals surface area contributed by atoms with Gasteiger partial charge in [-0.15, -0.1) is 0 Å². The maximum Gasteiger partial charge on any atom is 0.322 e. The number of rotatable bonds is 9. The minimum atomic E-state index is -0.611. The number of halogens is 1. The van der Waals surface area contributed by atoms with E-state index in [4.69, 9.17) is 19.9 Å². The van der Waals surface area contributed by atoms with Crippen LogP contribution in [0.3, 0.4) is 0 Å². The van der Waals surface area contributed by atoms with Crippen molar-refractivity contribution in [1.29, 1.82) is 0 Å². The summed E-state index contributed by atoms with van der Waals surface area (Å²) in [5.74, 6) is 1.13. The maximum absolute atomic E-state index is 15.7. The van der Waals surface area contributed by atoms with Crippen LogP contribution < -0.4 is 25.3 Å². The Morgan fingerprint density at radius 3 is 2.45 bits per heavy atom. The van der Waals surface area contributed by atoms with E-state index in [1.165, 1.54) is 18.5 Å². The molecule has 2 aromatic carbocycles. The van der Waals surface area contributed by atoms with E-state index in [0.29, 0.717) is 57.6 Å². The van der Waals surface area contributed by atoms with Crippen LogP contribution in [-0.4, -0.2) is 43.7 Å². The molecule has 222 valence electrons. The van der Waals surface area contributed by atoms with Crippen LogP contribution in [-0.2, 0) is 6.54 Å². The molecule has 3 N–H and O–H groups in total. The van der Waals surface area contributed by atoms with Crippen molar-refractivity contribution in [1.82, 2.24) is 29.5 Å². The predicted octanol–water partition coefficient (Wildman–Crippen LogP) is 6.03. The number of nitrogens with zero attached hydrogens (tertiary/aromatic N) is 6. The van der Waals surface area contributed by atoms with E-state index in [9.17, 15) is 0 Å². The lowest BCUT2D eigenvalue weighted by Gasteiger charge is -2.16. The lowest BCUT2D eigenvalue weighted by molar-refractivity contribution is 0.410. The summed E-state index contributed by atoms with van der Waals surface area (Å²) in [6, 6.07) is 15.8. The highest BCUT2D eigenvalue weighted by Crippen LogP contribution is 2.41. The SMILES string of the molecule is COc1ccc(CNc2ncnc3c(C)c(-c4ncc(N)cc4OC)n(-c4ccc(Oc5nccc(C)n5)c(F)c4)c23)cc1. The summed E-state index contributed by atoms with van der Waals surface area (Å²) < 4.78 is 34.2. The Morgan fingerprint density at radius 2 is 1.73 bits per heavy atom. The summed E-state index contributed by atoms with van der Waals surface area (Å²) in [5, 5.41) is 3.43. The zero-order valence-electron chi connectivity index (χ0n) is 24.5. The average Bonchev–Trinajstić information content (AvgIpc) is 3.33. The molecule has 0 radical (unpaired) electrons. The van der Waals surface area contributed by atoms with Crippen LogP contribution in [0.4, 0.5) is 15.9 Å². The number of pyridine rings is 1. The van der Waals surface area contributed by atoms with Crippen molar-refractivity contribution in [2.24, 2.45) is 0 Å². The minimum absolute atomic E-state index is 0.0219. The highest BCUT2D eigenvalue weighted by molar-refractivity contribution is 5.97.